The zero-order valence-electron chi connectivity index (χ0n) is 18.6. The summed E-state index contributed by atoms with van der Waals surface area (Å²) >= 11 is 3.61. The first-order valence-corrected chi connectivity index (χ1v) is 12.4. The van der Waals surface area contributed by atoms with Crippen molar-refractivity contribution in [1.29, 1.82) is 0 Å². The summed E-state index contributed by atoms with van der Waals surface area (Å²) in [6.07, 6.45) is 3.50. The molecule has 2 aromatic rings. The second-order valence-corrected chi connectivity index (χ2v) is 10.4. The van der Waals surface area contributed by atoms with Crippen LogP contribution in [-0.4, -0.2) is 49.1 Å². The number of hydrogen-bond acceptors (Lipinski definition) is 5. The lowest BCUT2D eigenvalue weighted by molar-refractivity contribution is 0.176. The zero-order chi connectivity index (χ0) is 20.7. The van der Waals surface area contributed by atoms with Crippen molar-refractivity contribution in [3.63, 3.8) is 0 Å². The van der Waals surface area contributed by atoms with Gasteiger partial charge in [0.15, 0.2) is 5.96 Å². The fourth-order valence-electron chi connectivity index (χ4n) is 3.68. The van der Waals surface area contributed by atoms with Crippen LogP contribution in [0, 0.1) is 5.92 Å². The number of aryl methyl sites for hydroxylation is 1. The molecule has 30 heavy (non-hydrogen) atoms. The van der Waals surface area contributed by atoms with Crippen molar-refractivity contribution in [1.82, 2.24) is 20.5 Å². The SMILES string of the molecule is CCc1nc(CN2CCC(CNC(=NC)NCC(C)(C)c3cccs3)CC2)cs1.I. The Morgan fingerprint density at radius 1 is 1.27 bits per heavy atom. The first-order valence-electron chi connectivity index (χ1n) is 10.6. The summed E-state index contributed by atoms with van der Waals surface area (Å²) in [5.74, 6) is 1.61. The molecule has 1 aliphatic rings. The first-order chi connectivity index (χ1) is 14.0. The predicted molar refractivity (Wildman–Crippen MR) is 142 cm³/mol. The molecular formula is C22H36IN5S2. The molecule has 8 heteroatoms. The highest BCUT2D eigenvalue weighted by atomic mass is 127. The monoisotopic (exact) mass is 561 g/mol. The molecule has 2 aromatic heterocycles. The molecular weight excluding hydrogens is 525 g/mol. The summed E-state index contributed by atoms with van der Waals surface area (Å²) < 4.78 is 0. The van der Waals surface area contributed by atoms with Crippen LogP contribution in [-0.2, 0) is 18.4 Å². The van der Waals surface area contributed by atoms with Crippen LogP contribution < -0.4 is 10.6 Å². The van der Waals surface area contributed by atoms with Crippen molar-refractivity contribution in [3.05, 3.63) is 38.5 Å². The topological polar surface area (TPSA) is 52.6 Å². The number of likely N-dealkylation sites (tertiary alicyclic amines) is 1. The van der Waals surface area contributed by atoms with E-state index in [1.165, 1.54) is 28.4 Å². The Labute approximate surface area is 206 Å². The molecule has 1 aliphatic heterocycles. The fourth-order valence-corrected chi connectivity index (χ4v) is 5.27. The van der Waals surface area contributed by atoms with Gasteiger partial charge < -0.3 is 10.6 Å². The maximum Gasteiger partial charge on any atom is 0.191 e. The smallest absolute Gasteiger partial charge is 0.191 e. The minimum atomic E-state index is 0. The summed E-state index contributed by atoms with van der Waals surface area (Å²) in [7, 11) is 1.86. The van der Waals surface area contributed by atoms with Crippen LogP contribution in [0.5, 0.6) is 0 Å². The third kappa shape index (κ3) is 7.46. The highest BCUT2D eigenvalue weighted by molar-refractivity contribution is 14.0. The Morgan fingerprint density at radius 2 is 2.03 bits per heavy atom. The Bertz CT molecular complexity index is 764. The molecule has 1 fully saturated rings. The van der Waals surface area contributed by atoms with Gasteiger partial charge in [-0.25, -0.2) is 4.98 Å². The molecule has 0 unspecified atom stereocenters. The summed E-state index contributed by atoms with van der Waals surface area (Å²) in [6, 6.07) is 4.34. The lowest BCUT2D eigenvalue weighted by Crippen LogP contribution is -2.45. The number of hydrogen-bond donors (Lipinski definition) is 2. The van der Waals surface area contributed by atoms with Crippen molar-refractivity contribution in [2.75, 3.05) is 33.2 Å². The summed E-state index contributed by atoms with van der Waals surface area (Å²) in [5.41, 5.74) is 1.34. The average molecular weight is 562 g/mol. The average Bonchev–Trinajstić information content (AvgIpc) is 3.42. The van der Waals surface area contributed by atoms with Crippen molar-refractivity contribution in [2.24, 2.45) is 10.9 Å². The van der Waals surface area contributed by atoms with Crippen LogP contribution in [0.25, 0.3) is 0 Å². The maximum absolute atomic E-state index is 4.71. The molecule has 0 spiro atoms. The van der Waals surface area contributed by atoms with Gasteiger partial charge in [0.25, 0.3) is 0 Å². The van der Waals surface area contributed by atoms with Gasteiger partial charge in [0.1, 0.15) is 0 Å². The van der Waals surface area contributed by atoms with Crippen molar-refractivity contribution in [3.8, 4) is 0 Å². The van der Waals surface area contributed by atoms with Gasteiger partial charge in [-0.3, -0.25) is 9.89 Å². The van der Waals surface area contributed by atoms with Crippen LogP contribution in [0.3, 0.4) is 0 Å². The van der Waals surface area contributed by atoms with Crippen LogP contribution in [0.2, 0.25) is 0 Å². The van der Waals surface area contributed by atoms with Crippen LogP contribution in [0.1, 0.15) is 49.2 Å². The summed E-state index contributed by atoms with van der Waals surface area (Å²) in [4.78, 5) is 13.1. The normalized spacial score (nSPS) is 16.3. The van der Waals surface area contributed by atoms with E-state index < -0.39 is 0 Å². The number of piperidine rings is 1. The lowest BCUT2D eigenvalue weighted by Gasteiger charge is -2.32. The van der Waals surface area contributed by atoms with E-state index in [-0.39, 0.29) is 29.4 Å². The molecule has 168 valence electrons. The third-order valence-corrected chi connectivity index (χ3v) is 7.94. The Morgan fingerprint density at radius 3 is 2.63 bits per heavy atom. The number of halogens is 1. The Balaban J connectivity index is 0.00000320. The van der Waals surface area contributed by atoms with Gasteiger partial charge >= 0.3 is 0 Å². The Kier molecular flexibility index (Phi) is 10.5. The molecule has 0 atom stereocenters. The van der Waals surface area contributed by atoms with Gasteiger partial charge in [-0.15, -0.1) is 46.7 Å². The van der Waals surface area contributed by atoms with E-state index in [2.05, 4.69) is 64.2 Å². The lowest BCUT2D eigenvalue weighted by atomic mass is 9.91. The number of aliphatic imine (C=N–C) groups is 1. The fraction of sp³-hybridized carbons (Fsp3) is 0.636. The minimum absolute atomic E-state index is 0. The van der Waals surface area contributed by atoms with E-state index in [0.29, 0.717) is 5.92 Å². The van der Waals surface area contributed by atoms with E-state index in [0.717, 1.165) is 45.1 Å². The predicted octanol–water partition coefficient (Wildman–Crippen LogP) is 4.74. The minimum Gasteiger partial charge on any atom is -0.356 e. The second-order valence-electron chi connectivity index (χ2n) is 8.47. The van der Waals surface area contributed by atoms with E-state index in [1.54, 1.807) is 11.3 Å². The van der Waals surface area contributed by atoms with E-state index >= 15 is 0 Å². The highest BCUT2D eigenvalue weighted by Crippen LogP contribution is 2.26. The van der Waals surface area contributed by atoms with Crippen molar-refractivity contribution < 1.29 is 0 Å². The number of aromatic nitrogens is 1. The molecule has 0 aliphatic carbocycles. The molecule has 0 bridgehead atoms. The number of guanidine groups is 1. The summed E-state index contributed by atoms with van der Waals surface area (Å²) in [5, 5.41) is 12.7. The van der Waals surface area contributed by atoms with Gasteiger partial charge in [-0.1, -0.05) is 26.8 Å². The van der Waals surface area contributed by atoms with E-state index in [4.69, 9.17) is 4.98 Å². The molecule has 0 saturated carbocycles. The Hall–Kier alpha value is -0.710. The van der Waals surface area contributed by atoms with E-state index in [9.17, 15) is 0 Å². The molecule has 0 aromatic carbocycles. The molecule has 0 radical (unpaired) electrons. The van der Waals surface area contributed by atoms with Crippen LogP contribution in [0.4, 0.5) is 0 Å². The number of nitrogens with one attached hydrogen (secondary N) is 2. The number of thiazole rings is 1. The number of rotatable bonds is 8. The third-order valence-electron chi connectivity index (χ3n) is 5.66. The van der Waals surface area contributed by atoms with Gasteiger partial charge in [0.2, 0.25) is 0 Å². The van der Waals surface area contributed by atoms with Gasteiger partial charge in [-0.2, -0.15) is 0 Å². The first kappa shape index (κ1) is 25.5. The highest BCUT2D eigenvalue weighted by Gasteiger charge is 2.23. The van der Waals surface area contributed by atoms with Gasteiger partial charge in [0, 0.05) is 42.4 Å². The second kappa shape index (κ2) is 12.4. The van der Waals surface area contributed by atoms with Crippen molar-refractivity contribution in [2.45, 2.75) is 52.0 Å². The van der Waals surface area contributed by atoms with E-state index in [1.807, 2.05) is 18.4 Å². The molecule has 0 amide bonds. The molecule has 5 nitrogen and oxygen atoms in total. The van der Waals surface area contributed by atoms with Gasteiger partial charge in [-0.05, 0) is 49.7 Å². The summed E-state index contributed by atoms with van der Waals surface area (Å²) in [6.45, 7) is 11.9. The van der Waals surface area contributed by atoms with Crippen LogP contribution >= 0.6 is 46.7 Å². The standard InChI is InChI=1S/C22H35N5S2.HI/c1-5-20-26-18(15-29-20)14-27-10-8-17(9-11-27)13-24-21(23-4)25-16-22(2,3)19-7-6-12-28-19;/h6-7,12,15,17H,5,8-11,13-14,16H2,1-4H3,(H2,23,24,25);1H. The molecule has 3 heterocycles. The maximum atomic E-state index is 4.71. The number of thiophene rings is 1. The quantitative estimate of drug-likeness (QED) is 0.278. The number of nitrogens with zero attached hydrogens (tertiary/aromatic N) is 3. The van der Waals surface area contributed by atoms with Crippen molar-refractivity contribution >= 4 is 52.6 Å². The zero-order valence-corrected chi connectivity index (χ0v) is 22.6. The van der Waals surface area contributed by atoms with Crippen LogP contribution in [0.15, 0.2) is 27.9 Å². The molecule has 3 rings (SSSR count). The molecule has 1 saturated heterocycles. The molecule has 2 N–H and O–H groups in total. The largest absolute Gasteiger partial charge is 0.356 e. The van der Waals surface area contributed by atoms with Gasteiger partial charge in [0.05, 0.1) is 10.7 Å².